The molecule has 0 radical (unpaired) electrons. The van der Waals surface area contributed by atoms with Crippen molar-refractivity contribution in [2.24, 2.45) is 0 Å². The highest BCUT2D eigenvalue weighted by molar-refractivity contribution is 6.31. The second kappa shape index (κ2) is 6.23. The SMILES string of the molecule is O=C(O)c1ccc([N+](=O)[O-])cc1NCc1ccccc1Cl. The van der Waals surface area contributed by atoms with E-state index in [0.717, 1.165) is 11.6 Å². The highest BCUT2D eigenvalue weighted by Crippen LogP contribution is 2.24. The Labute approximate surface area is 125 Å². The second-order valence-electron chi connectivity index (χ2n) is 4.24. The number of nitrogens with one attached hydrogen (secondary N) is 1. The molecule has 0 heterocycles. The largest absolute Gasteiger partial charge is 0.478 e. The van der Waals surface area contributed by atoms with E-state index in [9.17, 15) is 14.9 Å². The minimum absolute atomic E-state index is 0.0346. The highest BCUT2D eigenvalue weighted by atomic mass is 35.5. The van der Waals surface area contributed by atoms with E-state index < -0.39 is 10.9 Å². The van der Waals surface area contributed by atoms with Gasteiger partial charge in [-0.15, -0.1) is 0 Å². The van der Waals surface area contributed by atoms with E-state index in [1.807, 2.05) is 0 Å². The van der Waals surface area contributed by atoms with Crippen molar-refractivity contribution in [1.82, 2.24) is 0 Å². The maximum Gasteiger partial charge on any atom is 0.337 e. The lowest BCUT2D eigenvalue weighted by atomic mass is 10.1. The predicted molar refractivity (Wildman–Crippen MR) is 78.8 cm³/mol. The Balaban J connectivity index is 2.29. The first kappa shape index (κ1) is 14.8. The average Bonchev–Trinajstić information content (AvgIpc) is 2.46. The van der Waals surface area contributed by atoms with Crippen molar-refractivity contribution in [3.63, 3.8) is 0 Å². The number of anilines is 1. The number of carboxylic acid groups (broad SMARTS) is 1. The average molecular weight is 307 g/mol. The van der Waals surface area contributed by atoms with Crippen LogP contribution in [-0.4, -0.2) is 16.0 Å². The van der Waals surface area contributed by atoms with Gasteiger partial charge in [-0.05, 0) is 17.7 Å². The van der Waals surface area contributed by atoms with Gasteiger partial charge in [0.2, 0.25) is 0 Å². The number of benzene rings is 2. The lowest BCUT2D eigenvalue weighted by Gasteiger charge is -2.10. The summed E-state index contributed by atoms with van der Waals surface area (Å²) in [5.74, 6) is -1.16. The van der Waals surface area contributed by atoms with Crippen molar-refractivity contribution in [3.8, 4) is 0 Å². The first-order valence-electron chi connectivity index (χ1n) is 5.98. The molecule has 21 heavy (non-hydrogen) atoms. The molecule has 0 bridgehead atoms. The van der Waals surface area contributed by atoms with E-state index in [1.54, 1.807) is 24.3 Å². The maximum atomic E-state index is 11.1. The zero-order valence-electron chi connectivity index (χ0n) is 10.7. The molecule has 7 heteroatoms. The van der Waals surface area contributed by atoms with Gasteiger partial charge in [-0.2, -0.15) is 0 Å². The van der Waals surface area contributed by atoms with Crippen LogP contribution in [0.3, 0.4) is 0 Å². The molecule has 0 saturated heterocycles. The minimum Gasteiger partial charge on any atom is -0.478 e. The van der Waals surface area contributed by atoms with Crippen LogP contribution in [0.15, 0.2) is 42.5 Å². The van der Waals surface area contributed by atoms with Gasteiger partial charge in [-0.3, -0.25) is 10.1 Å². The summed E-state index contributed by atoms with van der Waals surface area (Å²) >= 11 is 6.01. The van der Waals surface area contributed by atoms with Crippen LogP contribution in [0.2, 0.25) is 5.02 Å². The van der Waals surface area contributed by atoms with Gasteiger partial charge >= 0.3 is 5.97 Å². The Morgan fingerprint density at radius 2 is 2.00 bits per heavy atom. The van der Waals surface area contributed by atoms with Crippen LogP contribution in [-0.2, 0) is 6.54 Å². The Bertz CT molecular complexity index is 703. The number of carbonyl (C=O) groups is 1. The first-order chi connectivity index (χ1) is 9.99. The third-order valence-electron chi connectivity index (χ3n) is 2.87. The van der Waals surface area contributed by atoms with Crippen molar-refractivity contribution < 1.29 is 14.8 Å². The summed E-state index contributed by atoms with van der Waals surface area (Å²) in [6.45, 7) is 0.265. The molecule has 2 rings (SSSR count). The molecule has 2 N–H and O–H groups in total. The Morgan fingerprint density at radius 3 is 2.62 bits per heavy atom. The lowest BCUT2D eigenvalue weighted by molar-refractivity contribution is -0.384. The standard InChI is InChI=1S/C14H11ClN2O4/c15-12-4-2-1-3-9(12)8-16-13-7-10(17(20)21)5-6-11(13)14(18)19/h1-7,16H,8H2,(H,18,19). The van der Waals surface area contributed by atoms with E-state index in [2.05, 4.69) is 5.32 Å². The highest BCUT2D eigenvalue weighted by Gasteiger charge is 2.15. The summed E-state index contributed by atoms with van der Waals surface area (Å²) < 4.78 is 0. The summed E-state index contributed by atoms with van der Waals surface area (Å²) in [6, 6.07) is 10.6. The monoisotopic (exact) mass is 306 g/mol. The molecule has 0 aliphatic carbocycles. The third kappa shape index (κ3) is 3.49. The molecule has 108 valence electrons. The number of carboxylic acids is 1. The molecule has 0 aromatic heterocycles. The zero-order valence-corrected chi connectivity index (χ0v) is 11.5. The van der Waals surface area contributed by atoms with Crippen molar-refractivity contribution in [3.05, 3.63) is 68.7 Å². The van der Waals surface area contributed by atoms with Crippen LogP contribution in [0.1, 0.15) is 15.9 Å². The maximum absolute atomic E-state index is 11.1. The van der Waals surface area contributed by atoms with Crippen LogP contribution in [0.5, 0.6) is 0 Å². The molecule has 6 nitrogen and oxygen atoms in total. The van der Waals surface area contributed by atoms with E-state index in [1.165, 1.54) is 12.1 Å². The summed E-state index contributed by atoms with van der Waals surface area (Å²) in [6.07, 6.45) is 0. The van der Waals surface area contributed by atoms with Crippen LogP contribution in [0.25, 0.3) is 0 Å². The summed E-state index contributed by atoms with van der Waals surface area (Å²) in [5, 5.41) is 23.3. The zero-order chi connectivity index (χ0) is 15.4. The number of rotatable bonds is 5. The molecule has 2 aromatic carbocycles. The Hall–Kier alpha value is -2.60. The fourth-order valence-corrected chi connectivity index (χ4v) is 2.01. The van der Waals surface area contributed by atoms with Crippen molar-refractivity contribution >= 4 is 28.9 Å². The van der Waals surface area contributed by atoms with Crippen LogP contribution < -0.4 is 5.32 Å². The molecule has 0 spiro atoms. The normalized spacial score (nSPS) is 10.1. The van der Waals surface area contributed by atoms with Crippen molar-refractivity contribution in [2.45, 2.75) is 6.54 Å². The lowest BCUT2D eigenvalue weighted by Crippen LogP contribution is -2.07. The van der Waals surface area contributed by atoms with Crippen LogP contribution >= 0.6 is 11.6 Å². The van der Waals surface area contributed by atoms with Gasteiger partial charge in [0.25, 0.3) is 5.69 Å². The molecule has 2 aromatic rings. The van der Waals surface area contributed by atoms with Gasteiger partial charge in [0, 0.05) is 23.7 Å². The number of halogens is 1. The van der Waals surface area contributed by atoms with E-state index in [0.29, 0.717) is 5.02 Å². The number of aromatic carboxylic acids is 1. The summed E-state index contributed by atoms with van der Waals surface area (Å²) in [5.41, 5.74) is 0.730. The molecule has 0 fully saturated rings. The number of hydrogen-bond donors (Lipinski definition) is 2. The first-order valence-corrected chi connectivity index (χ1v) is 6.36. The Morgan fingerprint density at radius 1 is 1.29 bits per heavy atom. The number of nitrogens with zero attached hydrogens (tertiary/aromatic N) is 1. The van der Waals surface area contributed by atoms with Crippen LogP contribution in [0.4, 0.5) is 11.4 Å². The molecule has 0 atom stereocenters. The minimum atomic E-state index is -1.16. The second-order valence-corrected chi connectivity index (χ2v) is 4.64. The smallest absolute Gasteiger partial charge is 0.337 e. The third-order valence-corrected chi connectivity index (χ3v) is 3.24. The molecular weight excluding hydrogens is 296 g/mol. The number of hydrogen-bond acceptors (Lipinski definition) is 4. The van der Waals surface area contributed by atoms with Gasteiger partial charge < -0.3 is 10.4 Å². The van der Waals surface area contributed by atoms with E-state index >= 15 is 0 Å². The fraction of sp³-hybridized carbons (Fsp3) is 0.0714. The van der Waals surface area contributed by atoms with Crippen molar-refractivity contribution in [2.75, 3.05) is 5.32 Å². The van der Waals surface area contributed by atoms with E-state index in [-0.39, 0.29) is 23.5 Å². The van der Waals surface area contributed by atoms with Crippen LogP contribution in [0, 0.1) is 10.1 Å². The fourth-order valence-electron chi connectivity index (χ4n) is 1.81. The number of nitro benzene ring substituents is 1. The van der Waals surface area contributed by atoms with Gasteiger partial charge in [0.1, 0.15) is 0 Å². The molecule has 0 aliphatic heterocycles. The van der Waals surface area contributed by atoms with Gasteiger partial charge in [-0.1, -0.05) is 29.8 Å². The van der Waals surface area contributed by atoms with Crippen molar-refractivity contribution in [1.29, 1.82) is 0 Å². The molecular formula is C14H11ClN2O4. The van der Waals surface area contributed by atoms with E-state index in [4.69, 9.17) is 16.7 Å². The summed E-state index contributed by atoms with van der Waals surface area (Å²) in [7, 11) is 0. The van der Waals surface area contributed by atoms with Gasteiger partial charge in [0.05, 0.1) is 16.2 Å². The number of non-ortho nitro benzene ring substituents is 1. The summed E-state index contributed by atoms with van der Waals surface area (Å²) in [4.78, 5) is 21.3. The topological polar surface area (TPSA) is 92.5 Å². The molecule has 0 aliphatic rings. The molecule has 0 amide bonds. The van der Waals surface area contributed by atoms with Gasteiger partial charge in [0.15, 0.2) is 0 Å². The molecule has 0 saturated carbocycles. The quantitative estimate of drug-likeness (QED) is 0.651. The molecule has 0 unspecified atom stereocenters. The van der Waals surface area contributed by atoms with Gasteiger partial charge in [-0.25, -0.2) is 4.79 Å². The predicted octanol–water partition coefficient (Wildman–Crippen LogP) is 3.56. The Kier molecular flexibility index (Phi) is 4.39. The number of nitro groups is 1.